The van der Waals surface area contributed by atoms with Gasteiger partial charge in [0.05, 0.1) is 5.56 Å². The van der Waals surface area contributed by atoms with Crippen molar-refractivity contribution >= 4 is 10.8 Å². The molecular formula is C30H29F5N2. The van der Waals surface area contributed by atoms with Crippen molar-refractivity contribution in [2.75, 3.05) is 0 Å². The number of hydrogen-bond donors (Lipinski definition) is 0. The second kappa shape index (κ2) is 11.8. The molecule has 0 aliphatic heterocycles. The topological polar surface area (TPSA) is 25.8 Å². The minimum absolute atomic E-state index is 0.229. The van der Waals surface area contributed by atoms with E-state index in [4.69, 9.17) is 0 Å². The van der Waals surface area contributed by atoms with Crippen molar-refractivity contribution < 1.29 is 22.0 Å². The molecule has 0 unspecified atom stereocenters. The number of fused-ring (bicyclic) bond motifs is 1. The van der Waals surface area contributed by atoms with Crippen molar-refractivity contribution in [2.45, 2.75) is 64.5 Å². The lowest BCUT2D eigenvalue weighted by atomic mass is 9.97. The van der Waals surface area contributed by atoms with E-state index in [0.29, 0.717) is 22.9 Å². The quantitative estimate of drug-likeness (QED) is 0.158. The number of rotatable bonds is 10. The standard InChI is InChI=1S/C30H29F5N2/c1-2-3-4-5-22-18-36-28(37-19-22)15-9-20-7-13-25-24(16-20)12-11-23(29(25)32)10-6-21-8-14-26(27(31)17-21)30(33,34)35/h7-8,11-14,16-19H,2-6,9-10,15H2,1H3. The number of aromatic nitrogens is 2. The van der Waals surface area contributed by atoms with Crippen LogP contribution in [0, 0.1) is 11.6 Å². The van der Waals surface area contributed by atoms with Gasteiger partial charge in [-0.05, 0) is 71.9 Å². The minimum atomic E-state index is -4.74. The van der Waals surface area contributed by atoms with Crippen LogP contribution >= 0.6 is 0 Å². The molecule has 0 amide bonds. The predicted molar refractivity (Wildman–Crippen MR) is 135 cm³/mol. The van der Waals surface area contributed by atoms with E-state index in [1.54, 1.807) is 12.1 Å². The van der Waals surface area contributed by atoms with Gasteiger partial charge in [-0.15, -0.1) is 0 Å². The smallest absolute Gasteiger partial charge is 0.241 e. The lowest BCUT2D eigenvalue weighted by Crippen LogP contribution is -2.08. The van der Waals surface area contributed by atoms with Crippen LogP contribution in [0.5, 0.6) is 0 Å². The van der Waals surface area contributed by atoms with Crippen molar-refractivity contribution in [1.29, 1.82) is 0 Å². The Hall–Kier alpha value is -3.35. The highest BCUT2D eigenvalue weighted by molar-refractivity contribution is 5.84. The van der Waals surface area contributed by atoms with Gasteiger partial charge >= 0.3 is 6.18 Å². The van der Waals surface area contributed by atoms with Gasteiger partial charge in [0.15, 0.2) is 0 Å². The fourth-order valence-electron chi connectivity index (χ4n) is 4.43. The molecule has 0 aliphatic rings. The summed E-state index contributed by atoms with van der Waals surface area (Å²) in [5.41, 5.74) is 1.73. The molecule has 0 aliphatic carbocycles. The fraction of sp³-hybridized carbons (Fsp3) is 0.333. The lowest BCUT2D eigenvalue weighted by Gasteiger charge is -2.11. The van der Waals surface area contributed by atoms with Crippen LogP contribution in [0.2, 0.25) is 0 Å². The Balaban J connectivity index is 1.38. The first-order valence-corrected chi connectivity index (χ1v) is 12.6. The van der Waals surface area contributed by atoms with Crippen molar-refractivity contribution in [3.05, 3.63) is 106 Å². The van der Waals surface area contributed by atoms with Gasteiger partial charge in [0, 0.05) is 24.2 Å². The van der Waals surface area contributed by atoms with Gasteiger partial charge in [0.1, 0.15) is 17.5 Å². The zero-order valence-corrected chi connectivity index (χ0v) is 20.7. The maximum Gasteiger partial charge on any atom is 0.419 e. The number of unbranched alkanes of at least 4 members (excludes halogenated alkanes) is 2. The molecule has 4 rings (SSSR count). The van der Waals surface area contributed by atoms with E-state index in [2.05, 4.69) is 16.9 Å². The number of hydrogen-bond acceptors (Lipinski definition) is 2. The Morgan fingerprint density at radius 2 is 1.41 bits per heavy atom. The molecule has 7 heteroatoms. The molecule has 1 aromatic heterocycles. The Morgan fingerprint density at radius 1 is 0.703 bits per heavy atom. The van der Waals surface area contributed by atoms with Gasteiger partial charge in [0.25, 0.3) is 0 Å². The van der Waals surface area contributed by atoms with Crippen LogP contribution in [0.25, 0.3) is 10.8 Å². The molecule has 1 heterocycles. The molecule has 2 nitrogen and oxygen atoms in total. The number of halogens is 5. The number of aryl methyl sites for hydroxylation is 5. The van der Waals surface area contributed by atoms with Crippen molar-refractivity contribution in [3.63, 3.8) is 0 Å². The summed E-state index contributed by atoms with van der Waals surface area (Å²) >= 11 is 0. The summed E-state index contributed by atoms with van der Waals surface area (Å²) in [6.45, 7) is 2.18. The molecule has 0 spiro atoms. The highest BCUT2D eigenvalue weighted by Crippen LogP contribution is 2.32. The summed E-state index contributed by atoms with van der Waals surface area (Å²) in [5, 5.41) is 1.25. The van der Waals surface area contributed by atoms with Crippen LogP contribution in [0.1, 0.15) is 59.8 Å². The summed E-state index contributed by atoms with van der Waals surface area (Å²) in [7, 11) is 0. The third kappa shape index (κ3) is 6.90. The summed E-state index contributed by atoms with van der Waals surface area (Å²) in [6.07, 6.45) is 5.47. The van der Waals surface area contributed by atoms with Gasteiger partial charge < -0.3 is 0 Å². The summed E-state index contributed by atoms with van der Waals surface area (Å²) < 4.78 is 67.3. The fourth-order valence-corrected chi connectivity index (χ4v) is 4.43. The second-order valence-electron chi connectivity index (χ2n) is 9.37. The minimum Gasteiger partial charge on any atom is -0.241 e. The highest BCUT2D eigenvalue weighted by Gasteiger charge is 2.33. The Bertz CT molecular complexity index is 1350. The Labute approximate surface area is 213 Å². The first-order chi connectivity index (χ1) is 17.7. The van der Waals surface area contributed by atoms with E-state index in [1.165, 1.54) is 18.9 Å². The van der Waals surface area contributed by atoms with Crippen LogP contribution in [-0.4, -0.2) is 9.97 Å². The van der Waals surface area contributed by atoms with Crippen molar-refractivity contribution in [3.8, 4) is 0 Å². The van der Waals surface area contributed by atoms with E-state index in [-0.39, 0.29) is 18.7 Å². The van der Waals surface area contributed by atoms with Gasteiger partial charge in [-0.25, -0.2) is 18.7 Å². The highest BCUT2D eigenvalue weighted by atomic mass is 19.4. The first kappa shape index (κ1) is 26.7. The molecule has 4 aromatic rings. The lowest BCUT2D eigenvalue weighted by molar-refractivity contribution is -0.140. The van der Waals surface area contributed by atoms with Crippen molar-refractivity contribution in [1.82, 2.24) is 9.97 Å². The van der Waals surface area contributed by atoms with Gasteiger partial charge in [-0.3, -0.25) is 0 Å². The normalized spacial score (nSPS) is 11.8. The van der Waals surface area contributed by atoms with Crippen LogP contribution < -0.4 is 0 Å². The average molecular weight is 513 g/mol. The maximum absolute atomic E-state index is 15.2. The molecule has 0 N–H and O–H groups in total. The van der Waals surface area contributed by atoms with Crippen LogP contribution in [0.3, 0.4) is 0 Å². The Morgan fingerprint density at radius 3 is 2.11 bits per heavy atom. The molecule has 194 valence electrons. The third-order valence-corrected chi connectivity index (χ3v) is 6.59. The third-order valence-electron chi connectivity index (χ3n) is 6.59. The van der Waals surface area contributed by atoms with Crippen LogP contribution in [-0.2, 0) is 38.3 Å². The van der Waals surface area contributed by atoms with Gasteiger partial charge in [-0.1, -0.05) is 56.2 Å². The molecule has 0 fully saturated rings. The molecule has 0 saturated heterocycles. The van der Waals surface area contributed by atoms with Crippen LogP contribution in [0.4, 0.5) is 22.0 Å². The number of benzene rings is 3. The monoisotopic (exact) mass is 512 g/mol. The molecule has 0 radical (unpaired) electrons. The van der Waals surface area contributed by atoms with Gasteiger partial charge in [0.2, 0.25) is 0 Å². The van der Waals surface area contributed by atoms with E-state index < -0.39 is 17.6 Å². The average Bonchev–Trinajstić information content (AvgIpc) is 2.87. The number of alkyl halides is 3. The molecular weight excluding hydrogens is 483 g/mol. The number of nitrogens with zero attached hydrogens (tertiary/aromatic N) is 2. The Kier molecular flexibility index (Phi) is 8.52. The second-order valence-corrected chi connectivity index (χ2v) is 9.37. The molecule has 3 aromatic carbocycles. The largest absolute Gasteiger partial charge is 0.419 e. The van der Waals surface area contributed by atoms with E-state index in [9.17, 15) is 17.6 Å². The SMILES string of the molecule is CCCCCc1cnc(CCc2ccc3c(F)c(CCc4ccc(C(F)(F)F)c(F)c4)ccc3c2)nc1. The molecule has 0 atom stereocenters. The summed E-state index contributed by atoms with van der Waals surface area (Å²) in [5.74, 6) is -0.899. The first-order valence-electron chi connectivity index (χ1n) is 12.6. The van der Waals surface area contributed by atoms with E-state index in [0.717, 1.165) is 53.7 Å². The maximum atomic E-state index is 15.2. The molecule has 0 saturated carbocycles. The molecule has 0 bridgehead atoms. The van der Waals surface area contributed by atoms with E-state index >= 15 is 4.39 Å². The van der Waals surface area contributed by atoms with E-state index in [1.807, 2.05) is 30.6 Å². The van der Waals surface area contributed by atoms with Gasteiger partial charge in [-0.2, -0.15) is 13.2 Å². The summed E-state index contributed by atoms with van der Waals surface area (Å²) in [6, 6.07) is 12.0. The van der Waals surface area contributed by atoms with Crippen molar-refractivity contribution in [2.24, 2.45) is 0 Å². The zero-order valence-electron chi connectivity index (χ0n) is 20.7. The summed E-state index contributed by atoms with van der Waals surface area (Å²) in [4.78, 5) is 8.96. The van der Waals surface area contributed by atoms with Crippen LogP contribution in [0.15, 0.2) is 60.9 Å². The molecule has 37 heavy (non-hydrogen) atoms. The zero-order chi connectivity index (χ0) is 26.4. The predicted octanol–water partition coefficient (Wildman–Crippen LogP) is 8.23.